The number of nitrogens with one attached hydrogen (secondary N) is 1. The second kappa shape index (κ2) is 6.98. The van der Waals surface area contributed by atoms with Crippen LogP contribution in [0, 0.1) is 5.82 Å². The molecule has 2 rings (SSSR count). The van der Waals surface area contributed by atoms with Crippen LogP contribution in [0.25, 0.3) is 0 Å². The van der Waals surface area contributed by atoms with Crippen molar-refractivity contribution in [2.45, 2.75) is 45.3 Å². The molecule has 0 radical (unpaired) electrons. The van der Waals surface area contributed by atoms with Crippen molar-refractivity contribution in [1.82, 2.24) is 10.2 Å². The van der Waals surface area contributed by atoms with Gasteiger partial charge in [-0.25, -0.2) is 9.18 Å². The van der Waals surface area contributed by atoms with E-state index in [1.165, 1.54) is 18.2 Å². The maximum absolute atomic E-state index is 13.2. The molecule has 6 heteroatoms. The Morgan fingerprint density at radius 3 is 2.74 bits per heavy atom. The second-order valence-corrected chi connectivity index (χ2v) is 6.75. The highest BCUT2D eigenvalue weighted by atomic mass is 19.1. The minimum atomic E-state index is -0.547. The summed E-state index contributed by atoms with van der Waals surface area (Å²) in [4.78, 5) is 25.9. The van der Waals surface area contributed by atoms with Gasteiger partial charge in [-0.2, -0.15) is 0 Å². The van der Waals surface area contributed by atoms with Crippen molar-refractivity contribution in [1.29, 1.82) is 0 Å². The number of carbonyl (C=O) groups is 2. The van der Waals surface area contributed by atoms with Gasteiger partial charge in [0.15, 0.2) is 0 Å². The molecule has 0 saturated carbocycles. The molecular formula is C17H23FN2O3. The van der Waals surface area contributed by atoms with E-state index in [2.05, 4.69) is 5.32 Å². The van der Waals surface area contributed by atoms with Crippen LogP contribution in [0.3, 0.4) is 0 Å². The van der Waals surface area contributed by atoms with Gasteiger partial charge in [-0.1, -0.05) is 6.07 Å². The van der Waals surface area contributed by atoms with Crippen molar-refractivity contribution >= 4 is 12.0 Å². The summed E-state index contributed by atoms with van der Waals surface area (Å²) in [6.07, 6.45) is 1.19. The van der Waals surface area contributed by atoms with E-state index in [9.17, 15) is 14.0 Å². The number of rotatable bonds is 2. The zero-order chi connectivity index (χ0) is 17.0. The van der Waals surface area contributed by atoms with Crippen LogP contribution < -0.4 is 5.32 Å². The Kier molecular flexibility index (Phi) is 5.23. The number of nitrogens with zero attached hydrogens (tertiary/aromatic N) is 1. The topological polar surface area (TPSA) is 58.6 Å². The van der Waals surface area contributed by atoms with Gasteiger partial charge in [0.2, 0.25) is 0 Å². The molecule has 1 heterocycles. The Bertz CT molecular complexity index is 583. The molecule has 2 amide bonds. The Labute approximate surface area is 135 Å². The first kappa shape index (κ1) is 17.2. The van der Waals surface area contributed by atoms with E-state index in [0.29, 0.717) is 13.1 Å². The number of carbonyl (C=O) groups excluding carboxylic acids is 2. The van der Waals surface area contributed by atoms with E-state index < -0.39 is 11.4 Å². The second-order valence-electron chi connectivity index (χ2n) is 6.75. The van der Waals surface area contributed by atoms with Crippen LogP contribution in [0.5, 0.6) is 0 Å². The number of likely N-dealkylation sites (tertiary alicyclic amines) is 1. The van der Waals surface area contributed by atoms with Crippen LogP contribution in [-0.4, -0.2) is 41.6 Å². The average molecular weight is 322 g/mol. The van der Waals surface area contributed by atoms with Gasteiger partial charge in [0.1, 0.15) is 11.4 Å². The Morgan fingerprint density at radius 2 is 2.09 bits per heavy atom. The third-order valence-corrected chi connectivity index (χ3v) is 3.50. The van der Waals surface area contributed by atoms with Crippen LogP contribution in [0.1, 0.15) is 44.0 Å². The molecule has 1 aromatic rings. The first-order chi connectivity index (χ1) is 10.7. The molecule has 0 unspecified atom stereocenters. The summed E-state index contributed by atoms with van der Waals surface area (Å²) >= 11 is 0. The molecule has 5 nitrogen and oxygen atoms in total. The standard InChI is InChI=1S/C17H23FN2O3/c1-17(2,3)23-16(22)20-9-5-8-14(11-20)19-15(21)12-6-4-7-13(18)10-12/h4,6-7,10,14H,5,8-9,11H2,1-3H3,(H,19,21)/t14-/m1/s1. The summed E-state index contributed by atoms with van der Waals surface area (Å²) in [6, 6.07) is 5.39. The maximum atomic E-state index is 13.2. The van der Waals surface area contributed by atoms with E-state index in [0.717, 1.165) is 12.8 Å². The van der Waals surface area contributed by atoms with Crippen LogP contribution >= 0.6 is 0 Å². The highest BCUT2D eigenvalue weighted by Gasteiger charge is 2.28. The SMILES string of the molecule is CC(C)(C)OC(=O)N1CCC[C@@H](NC(=O)c2cccc(F)c2)C1. The monoisotopic (exact) mass is 322 g/mol. The van der Waals surface area contributed by atoms with Crippen molar-refractivity contribution in [2.75, 3.05) is 13.1 Å². The molecule has 1 fully saturated rings. The molecule has 1 saturated heterocycles. The predicted octanol–water partition coefficient (Wildman–Crippen LogP) is 2.96. The Balaban J connectivity index is 1.93. The van der Waals surface area contributed by atoms with Crippen molar-refractivity contribution in [3.63, 3.8) is 0 Å². The van der Waals surface area contributed by atoms with Crippen molar-refractivity contribution in [3.8, 4) is 0 Å². The summed E-state index contributed by atoms with van der Waals surface area (Å²) in [5.74, 6) is -0.780. The third-order valence-electron chi connectivity index (χ3n) is 3.50. The van der Waals surface area contributed by atoms with Gasteiger partial charge in [-0.3, -0.25) is 4.79 Å². The Morgan fingerprint density at radius 1 is 1.35 bits per heavy atom. The van der Waals surface area contributed by atoms with Gasteiger partial charge in [-0.15, -0.1) is 0 Å². The minimum Gasteiger partial charge on any atom is -0.444 e. The number of ether oxygens (including phenoxy) is 1. The normalized spacial score (nSPS) is 18.4. The largest absolute Gasteiger partial charge is 0.444 e. The molecule has 0 spiro atoms. The van der Waals surface area contributed by atoms with Crippen LogP contribution in [0.2, 0.25) is 0 Å². The van der Waals surface area contributed by atoms with E-state index in [4.69, 9.17) is 4.74 Å². The lowest BCUT2D eigenvalue weighted by molar-refractivity contribution is 0.0185. The molecule has 126 valence electrons. The van der Waals surface area contributed by atoms with Crippen molar-refractivity contribution in [3.05, 3.63) is 35.6 Å². The minimum absolute atomic E-state index is 0.160. The van der Waals surface area contributed by atoms with Crippen LogP contribution in [-0.2, 0) is 4.74 Å². The van der Waals surface area contributed by atoms with E-state index in [1.54, 1.807) is 11.0 Å². The summed E-state index contributed by atoms with van der Waals surface area (Å²) in [5, 5.41) is 2.86. The molecule has 0 aromatic heterocycles. The first-order valence-corrected chi connectivity index (χ1v) is 7.79. The summed E-state index contributed by atoms with van der Waals surface area (Å²) in [7, 11) is 0. The third kappa shape index (κ3) is 5.23. The van der Waals surface area contributed by atoms with E-state index in [-0.39, 0.29) is 23.6 Å². The molecule has 1 aliphatic heterocycles. The zero-order valence-corrected chi connectivity index (χ0v) is 13.8. The highest BCUT2D eigenvalue weighted by molar-refractivity contribution is 5.94. The van der Waals surface area contributed by atoms with E-state index in [1.807, 2.05) is 20.8 Å². The summed E-state index contributed by atoms with van der Waals surface area (Å²) in [5.41, 5.74) is -0.270. The van der Waals surface area contributed by atoms with E-state index >= 15 is 0 Å². The fourth-order valence-electron chi connectivity index (χ4n) is 2.49. The maximum Gasteiger partial charge on any atom is 0.410 e. The van der Waals surface area contributed by atoms with Gasteiger partial charge < -0.3 is 15.0 Å². The number of amides is 2. The highest BCUT2D eigenvalue weighted by Crippen LogP contribution is 2.16. The molecule has 0 aliphatic carbocycles. The van der Waals surface area contributed by atoms with Gasteiger partial charge >= 0.3 is 6.09 Å². The smallest absolute Gasteiger partial charge is 0.410 e. The van der Waals surface area contributed by atoms with Gasteiger partial charge in [-0.05, 0) is 51.8 Å². The lowest BCUT2D eigenvalue weighted by atomic mass is 10.1. The number of hydrogen-bond donors (Lipinski definition) is 1. The van der Waals surface area contributed by atoms with Crippen molar-refractivity contribution < 1.29 is 18.7 Å². The fourth-order valence-corrected chi connectivity index (χ4v) is 2.49. The predicted molar refractivity (Wildman–Crippen MR) is 84.7 cm³/mol. The quantitative estimate of drug-likeness (QED) is 0.911. The lowest BCUT2D eigenvalue weighted by Crippen LogP contribution is -2.50. The molecular weight excluding hydrogens is 299 g/mol. The molecule has 1 atom stereocenters. The Hall–Kier alpha value is -2.11. The number of halogens is 1. The fraction of sp³-hybridized carbons (Fsp3) is 0.529. The molecule has 1 aromatic carbocycles. The average Bonchev–Trinajstić information content (AvgIpc) is 2.45. The molecule has 1 aliphatic rings. The molecule has 1 N–H and O–H groups in total. The summed E-state index contributed by atoms with van der Waals surface area (Å²) < 4.78 is 18.5. The van der Waals surface area contributed by atoms with Crippen LogP contribution in [0.15, 0.2) is 24.3 Å². The summed E-state index contributed by atoms with van der Waals surface area (Å²) in [6.45, 7) is 6.46. The number of piperidine rings is 1. The lowest BCUT2D eigenvalue weighted by Gasteiger charge is -2.34. The van der Waals surface area contributed by atoms with Crippen LogP contribution in [0.4, 0.5) is 9.18 Å². The zero-order valence-electron chi connectivity index (χ0n) is 13.8. The molecule has 0 bridgehead atoms. The number of benzene rings is 1. The first-order valence-electron chi connectivity index (χ1n) is 7.79. The number of hydrogen-bond acceptors (Lipinski definition) is 3. The van der Waals surface area contributed by atoms with Gasteiger partial charge in [0, 0.05) is 24.7 Å². The molecule has 23 heavy (non-hydrogen) atoms. The van der Waals surface area contributed by atoms with Crippen molar-refractivity contribution in [2.24, 2.45) is 0 Å². The van der Waals surface area contributed by atoms with Gasteiger partial charge in [0.25, 0.3) is 5.91 Å². The van der Waals surface area contributed by atoms with Gasteiger partial charge in [0.05, 0.1) is 0 Å².